The molecule has 1 saturated heterocycles. The highest BCUT2D eigenvalue weighted by Gasteiger charge is 2.16. The van der Waals surface area contributed by atoms with Crippen molar-refractivity contribution in [1.82, 2.24) is 5.43 Å². The summed E-state index contributed by atoms with van der Waals surface area (Å²) in [6.07, 6.45) is 2.26. The number of aryl methyl sites for hydroxylation is 1. The average Bonchev–Trinajstić information content (AvgIpc) is 3.00. The lowest BCUT2D eigenvalue weighted by Crippen LogP contribution is -2.30. The van der Waals surface area contributed by atoms with Crippen LogP contribution in [0.15, 0.2) is 54.1 Å². The summed E-state index contributed by atoms with van der Waals surface area (Å²) in [6.45, 7) is 6.61. The minimum Gasteiger partial charge on any atom is -0.494 e. The third-order valence-corrected chi connectivity index (χ3v) is 3.80. The van der Waals surface area contributed by atoms with Crippen molar-refractivity contribution >= 4 is 11.8 Å². The molecule has 0 aliphatic carbocycles. The standard InChI is InChI=1S/C19H22N2O/c1-3-22-19-10-9-16(11-15(19)2)12-17-13-20-21(14-17)18-7-5-4-6-8-18/h4-12,20H,3,13-14H2,1-2H3/b17-12-. The summed E-state index contributed by atoms with van der Waals surface area (Å²) in [7, 11) is 0. The minimum absolute atomic E-state index is 0.706. The second kappa shape index (κ2) is 6.67. The fourth-order valence-corrected chi connectivity index (χ4v) is 2.71. The first-order valence-electron chi connectivity index (χ1n) is 7.75. The number of nitrogens with zero attached hydrogens (tertiary/aromatic N) is 1. The van der Waals surface area contributed by atoms with Crippen LogP contribution in [-0.4, -0.2) is 19.7 Å². The Kier molecular flexibility index (Phi) is 4.45. The van der Waals surface area contributed by atoms with Gasteiger partial charge in [0.2, 0.25) is 0 Å². The zero-order chi connectivity index (χ0) is 15.4. The molecule has 2 aromatic rings. The van der Waals surface area contributed by atoms with Gasteiger partial charge < -0.3 is 9.75 Å². The van der Waals surface area contributed by atoms with E-state index in [0.29, 0.717) is 6.61 Å². The number of hydrogen-bond acceptors (Lipinski definition) is 3. The minimum atomic E-state index is 0.706. The van der Waals surface area contributed by atoms with Crippen LogP contribution >= 0.6 is 0 Å². The molecule has 0 saturated carbocycles. The van der Waals surface area contributed by atoms with Crippen LogP contribution in [0.3, 0.4) is 0 Å². The van der Waals surface area contributed by atoms with Gasteiger partial charge >= 0.3 is 0 Å². The van der Waals surface area contributed by atoms with Crippen molar-refractivity contribution in [2.75, 3.05) is 24.7 Å². The molecule has 2 aromatic carbocycles. The van der Waals surface area contributed by atoms with Gasteiger partial charge in [-0.25, -0.2) is 5.43 Å². The van der Waals surface area contributed by atoms with E-state index in [4.69, 9.17) is 4.74 Å². The maximum Gasteiger partial charge on any atom is 0.122 e. The van der Waals surface area contributed by atoms with E-state index in [9.17, 15) is 0 Å². The normalized spacial score (nSPS) is 16.3. The average molecular weight is 294 g/mol. The maximum absolute atomic E-state index is 5.60. The molecule has 0 atom stereocenters. The fraction of sp³-hybridized carbons (Fsp3) is 0.263. The van der Waals surface area contributed by atoms with Crippen molar-refractivity contribution < 1.29 is 4.74 Å². The van der Waals surface area contributed by atoms with Crippen molar-refractivity contribution in [2.45, 2.75) is 13.8 Å². The van der Waals surface area contributed by atoms with Crippen LogP contribution in [0.5, 0.6) is 5.75 Å². The van der Waals surface area contributed by atoms with Gasteiger partial charge in [-0.1, -0.05) is 30.3 Å². The van der Waals surface area contributed by atoms with Gasteiger partial charge in [0, 0.05) is 6.54 Å². The SMILES string of the molecule is CCOc1ccc(/C=C2/CNN(c3ccccc3)C2)cc1C. The summed E-state index contributed by atoms with van der Waals surface area (Å²) in [5.41, 5.74) is 8.43. The smallest absolute Gasteiger partial charge is 0.122 e. The summed E-state index contributed by atoms with van der Waals surface area (Å²) < 4.78 is 5.60. The predicted molar refractivity (Wildman–Crippen MR) is 92.1 cm³/mol. The highest BCUT2D eigenvalue weighted by molar-refractivity contribution is 5.59. The maximum atomic E-state index is 5.60. The summed E-state index contributed by atoms with van der Waals surface area (Å²) in [5, 5.41) is 2.19. The largest absolute Gasteiger partial charge is 0.494 e. The molecule has 0 amide bonds. The number of rotatable bonds is 4. The lowest BCUT2D eigenvalue weighted by atomic mass is 10.1. The molecule has 1 aliphatic heterocycles. The molecule has 1 fully saturated rings. The Morgan fingerprint density at radius 3 is 2.73 bits per heavy atom. The molecule has 1 aliphatic rings. The third kappa shape index (κ3) is 3.31. The molecule has 0 aromatic heterocycles. The van der Waals surface area contributed by atoms with E-state index in [-0.39, 0.29) is 0 Å². The van der Waals surface area contributed by atoms with Gasteiger partial charge in [-0.2, -0.15) is 0 Å². The zero-order valence-corrected chi connectivity index (χ0v) is 13.2. The van der Waals surface area contributed by atoms with Crippen molar-refractivity contribution in [3.63, 3.8) is 0 Å². The Morgan fingerprint density at radius 1 is 1.18 bits per heavy atom. The molecule has 3 rings (SSSR count). The lowest BCUT2D eigenvalue weighted by Gasteiger charge is -2.16. The number of nitrogens with one attached hydrogen (secondary N) is 1. The lowest BCUT2D eigenvalue weighted by molar-refractivity contribution is 0.338. The van der Waals surface area contributed by atoms with Crippen molar-refractivity contribution in [3.8, 4) is 5.75 Å². The second-order valence-corrected chi connectivity index (χ2v) is 5.52. The summed E-state index contributed by atoms with van der Waals surface area (Å²) >= 11 is 0. The van der Waals surface area contributed by atoms with E-state index in [0.717, 1.165) is 18.8 Å². The Balaban J connectivity index is 1.72. The molecule has 3 nitrogen and oxygen atoms in total. The van der Waals surface area contributed by atoms with Gasteiger partial charge in [0.15, 0.2) is 0 Å². The second-order valence-electron chi connectivity index (χ2n) is 5.52. The van der Waals surface area contributed by atoms with E-state index in [1.165, 1.54) is 22.4 Å². The van der Waals surface area contributed by atoms with Gasteiger partial charge in [0.1, 0.15) is 5.75 Å². The predicted octanol–water partition coefficient (Wildman–Crippen LogP) is 3.80. The number of para-hydroxylation sites is 1. The van der Waals surface area contributed by atoms with Crippen LogP contribution in [0, 0.1) is 6.92 Å². The van der Waals surface area contributed by atoms with Crippen LogP contribution in [0.2, 0.25) is 0 Å². The molecule has 0 radical (unpaired) electrons. The van der Waals surface area contributed by atoms with Gasteiger partial charge in [0.05, 0.1) is 18.8 Å². The fourth-order valence-electron chi connectivity index (χ4n) is 2.71. The Morgan fingerprint density at radius 2 is 2.00 bits per heavy atom. The Bertz CT molecular complexity index is 664. The van der Waals surface area contributed by atoms with Crippen molar-refractivity contribution in [2.24, 2.45) is 0 Å². The van der Waals surface area contributed by atoms with E-state index >= 15 is 0 Å². The molecule has 3 heteroatoms. The molecular formula is C19H22N2O. The van der Waals surface area contributed by atoms with Gasteiger partial charge in [0.25, 0.3) is 0 Å². The first kappa shape index (κ1) is 14.7. The van der Waals surface area contributed by atoms with Crippen LogP contribution in [0.25, 0.3) is 6.08 Å². The van der Waals surface area contributed by atoms with Gasteiger partial charge in [-0.3, -0.25) is 0 Å². The number of hydrogen-bond donors (Lipinski definition) is 1. The molecule has 0 unspecified atom stereocenters. The molecule has 0 bridgehead atoms. The number of benzene rings is 2. The topological polar surface area (TPSA) is 24.5 Å². The van der Waals surface area contributed by atoms with Crippen LogP contribution < -0.4 is 15.2 Å². The molecule has 0 spiro atoms. The highest BCUT2D eigenvalue weighted by Crippen LogP contribution is 2.22. The summed E-state index contributed by atoms with van der Waals surface area (Å²) in [4.78, 5) is 0. The summed E-state index contributed by atoms with van der Waals surface area (Å²) in [6, 6.07) is 16.8. The molecule has 114 valence electrons. The highest BCUT2D eigenvalue weighted by atomic mass is 16.5. The van der Waals surface area contributed by atoms with Crippen LogP contribution in [0.4, 0.5) is 5.69 Å². The number of ether oxygens (including phenoxy) is 1. The van der Waals surface area contributed by atoms with E-state index < -0.39 is 0 Å². The van der Waals surface area contributed by atoms with Crippen LogP contribution in [0.1, 0.15) is 18.1 Å². The molecule has 1 N–H and O–H groups in total. The Hall–Kier alpha value is -2.26. The van der Waals surface area contributed by atoms with E-state index in [1.54, 1.807) is 0 Å². The van der Waals surface area contributed by atoms with Gasteiger partial charge in [-0.15, -0.1) is 0 Å². The number of anilines is 1. The quantitative estimate of drug-likeness (QED) is 0.928. The van der Waals surface area contributed by atoms with Crippen LogP contribution in [-0.2, 0) is 0 Å². The van der Waals surface area contributed by atoms with Crippen molar-refractivity contribution in [1.29, 1.82) is 0 Å². The van der Waals surface area contributed by atoms with Crippen molar-refractivity contribution in [3.05, 3.63) is 65.2 Å². The van der Waals surface area contributed by atoms with Gasteiger partial charge in [-0.05, 0) is 54.8 Å². The first-order chi connectivity index (χ1) is 10.8. The first-order valence-corrected chi connectivity index (χ1v) is 7.75. The Labute approximate surface area is 132 Å². The van der Waals surface area contributed by atoms with E-state index in [2.05, 4.69) is 65.9 Å². The summed E-state index contributed by atoms with van der Waals surface area (Å²) in [5.74, 6) is 0.972. The zero-order valence-electron chi connectivity index (χ0n) is 13.2. The molecule has 22 heavy (non-hydrogen) atoms. The molecule has 1 heterocycles. The monoisotopic (exact) mass is 294 g/mol. The molecular weight excluding hydrogens is 272 g/mol. The number of hydrazine groups is 1. The van der Waals surface area contributed by atoms with E-state index in [1.807, 2.05) is 13.0 Å². The third-order valence-electron chi connectivity index (χ3n) is 3.80.